The number of anilines is 3. The van der Waals surface area contributed by atoms with Crippen molar-refractivity contribution in [1.29, 1.82) is 0 Å². The Morgan fingerprint density at radius 3 is 1.61 bits per heavy atom. The summed E-state index contributed by atoms with van der Waals surface area (Å²) in [6, 6.07) is 59.2. The molecule has 0 spiro atoms. The van der Waals surface area contributed by atoms with Crippen molar-refractivity contribution in [3.05, 3.63) is 164 Å². The third-order valence-electron chi connectivity index (χ3n) is 8.20. The molecule has 0 fully saturated rings. The molecule has 0 unspecified atom stereocenters. The van der Waals surface area contributed by atoms with Crippen molar-refractivity contribution in [2.45, 2.75) is 0 Å². The fourth-order valence-corrected chi connectivity index (χ4v) is 6.32. The summed E-state index contributed by atoms with van der Waals surface area (Å²) in [5, 5.41) is 10.1. The van der Waals surface area contributed by atoms with Crippen molar-refractivity contribution in [3.8, 4) is 11.1 Å². The maximum atomic E-state index is 2.41. The lowest BCUT2D eigenvalue weighted by Gasteiger charge is -2.27. The summed E-state index contributed by atoms with van der Waals surface area (Å²) in [5.74, 6) is 0. The van der Waals surface area contributed by atoms with Crippen molar-refractivity contribution in [2.24, 2.45) is 0 Å². The van der Waals surface area contributed by atoms with Crippen LogP contribution >= 0.6 is 0 Å². The van der Waals surface area contributed by atoms with Crippen molar-refractivity contribution in [3.63, 3.8) is 0 Å². The van der Waals surface area contributed by atoms with Gasteiger partial charge in [-0.15, -0.1) is 0 Å². The summed E-state index contributed by atoms with van der Waals surface area (Å²) in [4.78, 5) is 2.36. The Hall–Kier alpha value is -5.40. The highest BCUT2D eigenvalue weighted by molar-refractivity contribution is 6.18. The first-order valence-electron chi connectivity index (χ1n) is 14.1. The Morgan fingerprint density at radius 2 is 0.854 bits per heavy atom. The summed E-state index contributed by atoms with van der Waals surface area (Å²) in [6.07, 6.45) is 0. The minimum absolute atomic E-state index is 1.14. The molecule has 192 valence electrons. The van der Waals surface area contributed by atoms with Crippen LogP contribution in [0, 0.1) is 0 Å². The van der Waals surface area contributed by atoms with Gasteiger partial charge in [0.05, 0.1) is 5.69 Å². The first kappa shape index (κ1) is 23.5. The van der Waals surface area contributed by atoms with Crippen LogP contribution in [0.1, 0.15) is 0 Å². The van der Waals surface area contributed by atoms with Gasteiger partial charge in [0.2, 0.25) is 0 Å². The SMILES string of the molecule is c1ccc(N(c2ccccc2)c2cccc3c2ccc2cc4cccc(-c5cccc6ccccc56)c4cc23)cc1. The van der Waals surface area contributed by atoms with Crippen LogP contribution in [-0.4, -0.2) is 0 Å². The Bertz CT molecular complexity index is 2150. The summed E-state index contributed by atoms with van der Waals surface area (Å²) >= 11 is 0. The van der Waals surface area contributed by atoms with E-state index in [1.165, 1.54) is 59.9 Å². The van der Waals surface area contributed by atoms with Crippen LogP contribution < -0.4 is 4.90 Å². The lowest BCUT2D eigenvalue weighted by atomic mass is 9.91. The number of nitrogens with zero attached hydrogens (tertiary/aromatic N) is 1. The summed E-state index contributed by atoms with van der Waals surface area (Å²) in [7, 11) is 0. The van der Waals surface area contributed by atoms with Crippen LogP contribution in [0.15, 0.2) is 164 Å². The Morgan fingerprint density at radius 1 is 0.293 bits per heavy atom. The molecule has 0 bridgehead atoms. The van der Waals surface area contributed by atoms with Gasteiger partial charge in [0.25, 0.3) is 0 Å². The molecule has 0 N–H and O–H groups in total. The standard InChI is InChI=1S/C40H27N/c1-3-15-31(16-4-1)41(32-17-5-2-6-18-32)40-23-11-22-36-37(40)25-24-30-26-29-14-10-21-35(38(29)27-39(30)36)34-20-9-13-28-12-7-8-19-33(28)34/h1-27H. The molecule has 0 aliphatic heterocycles. The second-order valence-electron chi connectivity index (χ2n) is 10.6. The second kappa shape index (κ2) is 9.66. The smallest absolute Gasteiger partial charge is 0.0540 e. The van der Waals surface area contributed by atoms with Gasteiger partial charge in [-0.25, -0.2) is 0 Å². The molecule has 0 aliphatic carbocycles. The van der Waals surface area contributed by atoms with E-state index >= 15 is 0 Å². The van der Waals surface area contributed by atoms with Crippen LogP contribution in [-0.2, 0) is 0 Å². The van der Waals surface area contributed by atoms with Crippen molar-refractivity contribution in [2.75, 3.05) is 4.90 Å². The summed E-state index contributed by atoms with van der Waals surface area (Å²) in [5.41, 5.74) is 5.99. The van der Waals surface area contributed by atoms with Crippen LogP contribution in [0.5, 0.6) is 0 Å². The molecule has 0 amide bonds. The number of fused-ring (bicyclic) bond motifs is 5. The topological polar surface area (TPSA) is 3.24 Å². The molecule has 0 saturated carbocycles. The molecule has 8 aromatic rings. The molecular weight excluding hydrogens is 494 g/mol. The molecule has 0 saturated heterocycles. The van der Waals surface area contributed by atoms with E-state index in [0.29, 0.717) is 0 Å². The van der Waals surface area contributed by atoms with Gasteiger partial charge in [-0.05, 0) is 91.3 Å². The van der Waals surface area contributed by atoms with Gasteiger partial charge in [0, 0.05) is 16.8 Å². The van der Waals surface area contributed by atoms with Crippen LogP contribution in [0.4, 0.5) is 17.1 Å². The minimum Gasteiger partial charge on any atom is -0.310 e. The quantitative estimate of drug-likeness (QED) is 0.164. The minimum atomic E-state index is 1.14. The highest BCUT2D eigenvalue weighted by Crippen LogP contribution is 2.42. The van der Waals surface area contributed by atoms with Crippen molar-refractivity contribution in [1.82, 2.24) is 0 Å². The van der Waals surface area contributed by atoms with Gasteiger partial charge in [-0.1, -0.05) is 121 Å². The summed E-state index contributed by atoms with van der Waals surface area (Å²) in [6.45, 7) is 0. The van der Waals surface area contributed by atoms with E-state index in [1.54, 1.807) is 0 Å². The lowest BCUT2D eigenvalue weighted by molar-refractivity contribution is 1.30. The van der Waals surface area contributed by atoms with E-state index in [2.05, 4.69) is 169 Å². The maximum absolute atomic E-state index is 2.41. The zero-order chi connectivity index (χ0) is 27.2. The fraction of sp³-hybridized carbons (Fsp3) is 0. The number of hydrogen-bond donors (Lipinski definition) is 0. The highest BCUT2D eigenvalue weighted by Gasteiger charge is 2.16. The largest absolute Gasteiger partial charge is 0.310 e. The Labute approximate surface area is 239 Å². The molecule has 0 heterocycles. The zero-order valence-electron chi connectivity index (χ0n) is 22.5. The predicted octanol–water partition coefficient (Wildman–Crippen LogP) is 11.4. The highest BCUT2D eigenvalue weighted by atomic mass is 15.1. The molecule has 41 heavy (non-hydrogen) atoms. The van der Waals surface area contributed by atoms with Gasteiger partial charge in [-0.3, -0.25) is 0 Å². The van der Waals surface area contributed by atoms with E-state index in [4.69, 9.17) is 0 Å². The summed E-state index contributed by atoms with van der Waals surface area (Å²) < 4.78 is 0. The first-order chi connectivity index (χ1) is 20.3. The predicted molar refractivity (Wildman–Crippen MR) is 177 cm³/mol. The number of benzene rings is 8. The monoisotopic (exact) mass is 521 g/mol. The molecule has 1 heteroatoms. The normalized spacial score (nSPS) is 11.4. The molecule has 1 nitrogen and oxygen atoms in total. The molecule has 0 radical (unpaired) electrons. The van der Waals surface area contributed by atoms with Crippen LogP contribution in [0.2, 0.25) is 0 Å². The molecule has 8 aromatic carbocycles. The van der Waals surface area contributed by atoms with Crippen LogP contribution in [0.25, 0.3) is 54.2 Å². The van der Waals surface area contributed by atoms with Gasteiger partial charge in [-0.2, -0.15) is 0 Å². The fourth-order valence-electron chi connectivity index (χ4n) is 6.32. The first-order valence-corrected chi connectivity index (χ1v) is 14.1. The van der Waals surface area contributed by atoms with E-state index in [1.807, 2.05) is 0 Å². The number of para-hydroxylation sites is 2. The van der Waals surface area contributed by atoms with Crippen molar-refractivity contribution < 1.29 is 0 Å². The zero-order valence-corrected chi connectivity index (χ0v) is 22.5. The number of rotatable bonds is 4. The van der Waals surface area contributed by atoms with Gasteiger partial charge in [0.1, 0.15) is 0 Å². The van der Waals surface area contributed by atoms with E-state index in [9.17, 15) is 0 Å². The molecule has 0 aliphatic rings. The Balaban J connectivity index is 1.40. The van der Waals surface area contributed by atoms with E-state index in [0.717, 1.165) is 11.4 Å². The van der Waals surface area contributed by atoms with Gasteiger partial charge < -0.3 is 4.90 Å². The number of hydrogen-bond acceptors (Lipinski definition) is 1. The third-order valence-corrected chi connectivity index (χ3v) is 8.20. The van der Waals surface area contributed by atoms with E-state index < -0.39 is 0 Å². The molecule has 0 atom stereocenters. The molecule has 8 rings (SSSR count). The molecule has 0 aromatic heterocycles. The van der Waals surface area contributed by atoms with E-state index in [-0.39, 0.29) is 0 Å². The van der Waals surface area contributed by atoms with Gasteiger partial charge >= 0.3 is 0 Å². The van der Waals surface area contributed by atoms with Crippen molar-refractivity contribution >= 4 is 60.2 Å². The van der Waals surface area contributed by atoms with Gasteiger partial charge in [0.15, 0.2) is 0 Å². The average Bonchev–Trinajstić information content (AvgIpc) is 3.04. The molecular formula is C40H27N. The Kier molecular flexibility index (Phi) is 5.53. The lowest BCUT2D eigenvalue weighted by Crippen LogP contribution is -2.10. The average molecular weight is 522 g/mol. The van der Waals surface area contributed by atoms with Crippen LogP contribution in [0.3, 0.4) is 0 Å². The maximum Gasteiger partial charge on any atom is 0.0540 e. The third kappa shape index (κ3) is 3.94. The second-order valence-corrected chi connectivity index (χ2v) is 10.6.